The summed E-state index contributed by atoms with van der Waals surface area (Å²) in [6.45, 7) is 4.98. The Morgan fingerprint density at radius 2 is 1.76 bits per heavy atom. The molecular formula is C14H22O2S. The Balaban J connectivity index is 2.20. The molecule has 0 aliphatic rings. The van der Waals surface area contributed by atoms with E-state index in [1.54, 1.807) is 0 Å². The zero-order valence-electron chi connectivity index (χ0n) is 10.5. The highest BCUT2D eigenvalue weighted by molar-refractivity contribution is 7.80. The summed E-state index contributed by atoms with van der Waals surface area (Å²) < 4.78 is 11.0. The average molecular weight is 254 g/mol. The van der Waals surface area contributed by atoms with Crippen molar-refractivity contribution in [1.29, 1.82) is 0 Å². The van der Waals surface area contributed by atoms with E-state index in [9.17, 15) is 0 Å². The fourth-order valence-electron chi connectivity index (χ4n) is 1.57. The van der Waals surface area contributed by atoms with Crippen molar-refractivity contribution in [3.8, 4) is 0 Å². The van der Waals surface area contributed by atoms with Crippen LogP contribution in [0.1, 0.15) is 24.8 Å². The number of benzene rings is 1. The molecule has 0 saturated carbocycles. The third-order valence-corrected chi connectivity index (χ3v) is 2.97. The largest absolute Gasteiger partial charge is 0.379 e. The molecule has 0 heterocycles. The van der Waals surface area contributed by atoms with Gasteiger partial charge in [-0.3, -0.25) is 0 Å². The quantitative estimate of drug-likeness (QED) is 0.539. The van der Waals surface area contributed by atoms with Crippen LogP contribution in [0, 0.1) is 0 Å². The molecular weight excluding hydrogens is 232 g/mol. The number of ether oxygens (including phenoxy) is 2. The average Bonchev–Trinajstić information content (AvgIpc) is 2.39. The molecule has 1 aromatic rings. The van der Waals surface area contributed by atoms with Crippen molar-refractivity contribution in [1.82, 2.24) is 0 Å². The van der Waals surface area contributed by atoms with Crippen molar-refractivity contribution in [3.63, 3.8) is 0 Å². The second kappa shape index (κ2) is 9.51. The summed E-state index contributed by atoms with van der Waals surface area (Å²) in [5.41, 5.74) is 1.29. The van der Waals surface area contributed by atoms with Crippen molar-refractivity contribution in [3.05, 3.63) is 35.9 Å². The van der Waals surface area contributed by atoms with Crippen molar-refractivity contribution in [2.45, 2.75) is 19.3 Å². The molecule has 0 aromatic heterocycles. The number of hydrogen-bond acceptors (Lipinski definition) is 3. The molecule has 17 heavy (non-hydrogen) atoms. The topological polar surface area (TPSA) is 18.5 Å². The molecule has 0 radical (unpaired) electrons. The lowest BCUT2D eigenvalue weighted by Crippen LogP contribution is -2.13. The monoisotopic (exact) mass is 254 g/mol. The third-order valence-electron chi connectivity index (χ3n) is 2.53. The van der Waals surface area contributed by atoms with Gasteiger partial charge in [0.05, 0.1) is 19.8 Å². The lowest BCUT2D eigenvalue weighted by Gasteiger charge is -2.15. The number of rotatable bonds is 9. The van der Waals surface area contributed by atoms with Crippen molar-refractivity contribution in [2.24, 2.45) is 0 Å². The van der Waals surface area contributed by atoms with Gasteiger partial charge in [-0.05, 0) is 17.7 Å². The molecule has 0 bridgehead atoms. The van der Waals surface area contributed by atoms with Crippen LogP contribution in [0.4, 0.5) is 0 Å². The van der Waals surface area contributed by atoms with Crippen LogP contribution in [-0.4, -0.2) is 32.2 Å². The minimum Gasteiger partial charge on any atom is -0.379 e. The highest BCUT2D eigenvalue weighted by Gasteiger charge is 2.08. The summed E-state index contributed by atoms with van der Waals surface area (Å²) in [6.07, 6.45) is 1.06. The fourth-order valence-corrected chi connectivity index (χ4v) is 1.89. The molecule has 0 aliphatic heterocycles. The first-order chi connectivity index (χ1) is 8.38. The van der Waals surface area contributed by atoms with Gasteiger partial charge in [0.2, 0.25) is 0 Å². The van der Waals surface area contributed by atoms with Gasteiger partial charge >= 0.3 is 0 Å². The maximum absolute atomic E-state index is 5.61. The van der Waals surface area contributed by atoms with E-state index in [1.165, 1.54) is 5.56 Å². The molecule has 2 nitrogen and oxygen atoms in total. The van der Waals surface area contributed by atoms with Crippen LogP contribution in [-0.2, 0) is 9.47 Å². The molecule has 0 saturated heterocycles. The third kappa shape index (κ3) is 6.10. The molecule has 0 aliphatic carbocycles. The van der Waals surface area contributed by atoms with Gasteiger partial charge < -0.3 is 9.47 Å². The van der Waals surface area contributed by atoms with E-state index in [-0.39, 0.29) is 0 Å². The molecule has 1 atom stereocenters. The minimum absolute atomic E-state index is 0.366. The second-order valence-electron chi connectivity index (χ2n) is 3.98. The Bertz CT molecular complexity index is 277. The Morgan fingerprint density at radius 1 is 1.06 bits per heavy atom. The molecule has 96 valence electrons. The number of thiol groups is 1. The normalized spacial score (nSPS) is 12.6. The van der Waals surface area contributed by atoms with Gasteiger partial charge in [-0.25, -0.2) is 0 Å². The highest BCUT2D eigenvalue weighted by Crippen LogP contribution is 2.17. The number of hydrogen-bond donors (Lipinski definition) is 1. The van der Waals surface area contributed by atoms with E-state index in [4.69, 9.17) is 9.47 Å². The summed E-state index contributed by atoms with van der Waals surface area (Å²) in [6, 6.07) is 10.4. The van der Waals surface area contributed by atoms with E-state index in [2.05, 4.69) is 43.8 Å². The molecule has 3 heteroatoms. The van der Waals surface area contributed by atoms with Crippen molar-refractivity contribution >= 4 is 12.6 Å². The predicted molar refractivity (Wildman–Crippen MR) is 75.0 cm³/mol. The van der Waals surface area contributed by atoms with Gasteiger partial charge in [0.1, 0.15) is 0 Å². The Morgan fingerprint density at radius 3 is 2.41 bits per heavy atom. The summed E-state index contributed by atoms with van der Waals surface area (Å²) in [5, 5.41) is 0. The minimum atomic E-state index is 0.366. The van der Waals surface area contributed by atoms with Crippen LogP contribution in [0.25, 0.3) is 0 Å². The van der Waals surface area contributed by atoms with E-state index in [0.29, 0.717) is 25.7 Å². The zero-order chi connectivity index (χ0) is 12.3. The first-order valence-corrected chi connectivity index (χ1v) is 6.83. The second-order valence-corrected chi connectivity index (χ2v) is 4.34. The van der Waals surface area contributed by atoms with Gasteiger partial charge in [0.25, 0.3) is 0 Å². The summed E-state index contributed by atoms with van der Waals surface area (Å²) in [5.74, 6) is 1.17. The van der Waals surface area contributed by atoms with Crippen LogP contribution in [0.3, 0.4) is 0 Å². The van der Waals surface area contributed by atoms with Crippen molar-refractivity contribution in [2.75, 3.05) is 32.2 Å². The Hall–Kier alpha value is -0.510. The Kier molecular flexibility index (Phi) is 8.14. The smallest absolute Gasteiger partial charge is 0.0700 e. The first kappa shape index (κ1) is 14.6. The van der Waals surface area contributed by atoms with Crippen LogP contribution < -0.4 is 0 Å². The molecule has 0 spiro atoms. The summed E-state index contributed by atoms with van der Waals surface area (Å²) >= 11 is 4.37. The maximum Gasteiger partial charge on any atom is 0.0700 e. The Labute approximate surface area is 110 Å². The zero-order valence-corrected chi connectivity index (χ0v) is 11.4. The molecule has 0 amide bonds. The van der Waals surface area contributed by atoms with E-state index >= 15 is 0 Å². The van der Waals surface area contributed by atoms with Crippen LogP contribution in [0.15, 0.2) is 30.3 Å². The highest BCUT2D eigenvalue weighted by atomic mass is 32.1. The summed E-state index contributed by atoms with van der Waals surface area (Å²) in [7, 11) is 0. The lowest BCUT2D eigenvalue weighted by atomic mass is 10.0. The molecule has 1 unspecified atom stereocenters. The standard InChI is InChI=1S/C14H22O2S/c1-2-8-15-9-10-16-11-14(12-17)13-6-4-3-5-7-13/h3-7,14,17H,2,8-12H2,1H3. The van der Waals surface area contributed by atoms with Crippen LogP contribution in [0.5, 0.6) is 0 Å². The van der Waals surface area contributed by atoms with Crippen LogP contribution in [0.2, 0.25) is 0 Å². The lowest BCUT2D eigenvalue weighted by molar-refractivity contribution is 0.0442. The van der Waals surface area contributed by atoms with Gasteiger partial charge in [0, 0.05) is 12.5 Å². The van der Waals surface area contributed by atoms with E-state index in [0.717, 1.165) is 18.8 Å². The van der Waals surface area contributed by atoms with Gasteiger partial charge in [-0.1, -0.05) is 37.3 Å². The molecule has 0 fully saturated rings. The van der Waals surface area contributed by atoms with Gasteiger partial charge in [-0.2, -0.15) is 12.6 Å². The van der Waals surface area contributed by atoms with E-state index in [1.807, 2.05) is 6.07 Å². The maximum atomic E-state index is 5.61. The van der Waals surface area contributed by atoms with Gasteiger partial charge in [0.15, 0.2) is 0 Å². The SMILES string of the molecule is CCCOCCOCC(CS)c1ccccc1. The molecule has 1 rings (SSSR count). The molecule has 0 N–H and O–H groups in total. The first-order valence-electron chi connectivity index (χ1n) is 6.19. The summed E-state index contributed by atoms with van der Waals surface area (Å²) in [4.78, 5) is 0. The van der Waals surface area contributed by atoms with Crippen LogP contribution >= 0.6 is 12.6 Å². The van der Waals surface area contributed by atoms with E-state index < -0.39 is 0 Å². The molecule has 1 aromatic carbocycles. The fraction of sp³-hybridized carbons (Fsp3) is 0.571. The predicted octanol–water partition coefficient (Wildman–Crippen LogP) is 3.14. The van der Waals surface area contributed by atoms with Crippen molar-refractivity contribution < 1.29 is 9.47 Å². The van der Waals surface area contributed by atoms with Gasteiger partial charge in [-0.15, -0.1) is 0 Å².